The van der Waals surface area contributed by atoms with Crippen LogP contribution in [-0.2, 0) is 0 Å². The fourth-order valence-corrected chi connectivity index (χ4v) is 1.34. The molecule has 1 aromatic heterocycles. The molecule has 0 N–H and O–H groups in total. The number of rotatable bonds is 4. The van der Waals surface area contributed by atoms with E-state index in [-0.39, 0.29) is 0 Å². The highest BCUT2D eigenvalue weighted by Gasteiger charge is 2.01. The summed E-state index contributed by atoms with van der Waals surface area (Å²) in [6, 6.07) is 11.6. The van der Waals surface area contributed by atoms with E-state index in [0.29, 0.717) is 6.61 Å². The van der Waals surface area contributed by atoms with E-state index < -0.39 is 0 Å². The molecule has 0 saturated heterocycles. The Morgan fingerprint density at radius 1 is 1.27 bits per heavy atom. The van der Waals surface area contributed by atoms with Crippen LogP contribution in [0.25, 0.3) is 11.3 Å². The lowest BCUT2D eigenvalue weighted by molar-refractivity contribution is 0.363. The van der Waals surface area contributed by atoms with Crippen LogP contribution in [0, 0.1) is 0 Å². The summed E-state index contributed by atoms with van der Waals surface area (Å²) in [4.78, 5) is 0. The Morgan fingerprint density at radius 3 is 2.93 bits per heavy atom. The molecule has 15 heavy (non-hydrogen) atoms. The Morgan fingerprint density at radius 2 is 2.20 bits per heavy atom. The molecule has 0 atom stereocenters. The third-order valence-electron chi connectivity index (χ3n) is 2.01. The van der Waals surface area contributed by atoms with Crippen molar-refractivity contribution in [1.29, 1.82) is 0 Å². The van der Waals surface area contributed by atoms with E-state index in [0.717, 1.165) is 17.1 Å². The smallest absolute Gasteiger partial charge is 0.133 e. The van der Waals surface area contributed by atoms with Gasteiger partial charge in [-0.05, 0) is 24.3 Å². The monoisotopic (exact) mass is 200 g/mol. The minimum absolute atomic E-state index is 0.515. The van der Waals surface area contributed by atoms with E-state index in [1.807, 2.05) is 36.4 Å². The third-order valence-corrected chi connectivity index (χ3v) is 2.01. The number of benzene rings is 1. The SMILES string of the molecule is C=CCOc1cccc(-c2ccco2)c1. The van der Waals surface area contributed by atoms with Gasteiger partial charge in [-0.1, -0.05) is 24.8 Å². The quantitative estimate of drug-likeness (QED) is 0.704. The topological polar surface area (TPSA) is 22.4 Å². The summed E-state index contributed by atoms with van der Waals surface area (Å²) in [6.45, 7) is 4.12. The standard InChI is InChI=1S/C13H12O2/c1-2-8-14-12-6-3-5-11(10-12)13-7-4-9-15-13/h2-7,9-10H,1,8H2. The fraction of sp³-hybridized carbons (Fsp3) is 0.0769. The second kappa shape index (κ2) is 4.51. The van der Waals surface area contributed by atoms with Gasteiger partial charge in [0, 0.05) is 5.56 Å². The third kappa shape index (κ3) is 2.29. The molecule has 0 amide bonds. The van der Waals surface area contributed by atoms with Crippen LogP contribution in [0.1, 0.15) is 0 Å². The van der Waals surface area contributed by atoms with E-state index >= 15 is 0 Å². The molecular weight excluding hydrogens is 188 g/mol. The number of hydrogen-bond acceptors (Lipinski definition) is 2. The van der Waals surface area contributed by atoms with Gasteiger partial charge < -0.3 is 9.15 Å². The molecule has 2 nitrogen and oxygen atoms in total. The van der Waals surface area contributed by atoms with E-state index in [1.165, 1.54) is 0 Å². The van der Waals surface area contributed by atoms with Crippen molar-refractivity contribution >= 4 is 0 Å². The van der Waals surface area contributed by atoms with Crippen LogP contribution < -0.4 is 4.74 Å². The predicted octanol–water partition coefficient (Wildman–Crippen LogP) is 3.51. The number of ether oxygens (including phenoxy) is 1. The summed E-state index contributed by atoms with van der Waals surface area (Å²) in [5.74, 6) is 1.67. The second-order valence-electron chi connectivity index (χ2n) is 3.10. The zero-order chi connectivity index (χ0) is 10.5. The maximum absolute atomic E-state index is 5.43. The van der Waals surface area contributed by atoms with Crippen molar-refractivity contribution in [3.63, 3.8) is 0 Å². The molecule has 0 unspecified atom stereocenters. The Balaban J connectivity index is 2.23. The van der Waals surface area contributed by atoms with Crippen molar-refractivity contribution in [2.45, 2.75) is 0 Å². The van der Waals surface area contributed by atoms with E-state index in [2.05, 4.69) is 6.58 Å². The average molecular weight is 200 g/mol. The molecule has 0 spiro atoms. The largest absolute Gasteiger partial charge is 0.490 e. The van der Waals surface area contributed by atoms with Gasteiger partial charge in [-0.15, -0.1) is 0 Å². The molecule has 0 aliphatic carbocycles. The summed E-state index contributed by atoms with van der Waals surface area (Å²) >= 11 is 0. The molecule has 2 rings (SSSR count). The highest BCUT2D eigenvalue weighted by molar-refractivity contribution is 5.59. The molecule has 0 saturated carbocycles. The van der Waals surface area contributed by atoms with Crippen molar-refractivity contribution in [2.24, 2.45) is 0 Å². The molecule has 0 radical (unpaired) electrons. The van der Waals surface area contributed by atoms with Gasteiger partial charge in [0.15, 0.2) is 0 Å². The minimum atomic E-state index is 0.515. The Labute approximate surface area is 88.8 Å². The van der Waals surface area contributed by atoms with Crippen molar-refractivity contribution in [3.8, 4) is 17.1 Å². The van der Waals surface area contributed by atoms with Crippen LogP contribution in [0.2, 0.25) is 0 Å². The van der Waals surface area contributed by atoms with Gasteiger partial charge in [-0.2, -0.15) is 0 Å². The van der Waals surface area contributed by atoms with Gasteiger partial charge >= 0.3 is 0 Å². The second-order valence-corrected chi connectivity index (χ2v) is 3.10. The molecule has 0 bridgehead atoms. The van der Waals surface area contributed by atoms with Gasteiger partial charge in [0.1, 0.15) is 18.1 Å². The molecule has 0 aliphatic heterocycles. The van der Waals surface area contributed by atoms with Crippen molar-refractivity contribution < 1.29 is 9.15 Å². The predicted molar refractivity (Wildman–Crippen MR) is 59.8 cm³/mol. The van der Waals surface area contributed by atoms with Crippen molar-refractivity contribution in [3.05, 3.63) is 55.3 Å². The molecule has 0 aliphatic rings. The van der Waals surface area contributed by atoms with Crippen molar-refractivity contribution in [1.82, 2.24) is 0 Å². The van der Waals surface area contributed by atoms with Crippen molar-refractivity contribution in [2.75, 3.05) is 6.61 Å². The number of hydrogen-bond donors (Lipinski definition) is 0. The lowest BCUT2D eigenvalue weighted by Crippen LogP contribution is -1.92. The molecule has 1 heterocycles. The molecular formula is C13H12O2. The van der Waals surface area contributed by atoms with E-state index in [1.54, 1.807) is 12.3 Å². The Kier molecular flexibility index (Phi) is 2.88. The Hall–Kier alpha value is -1.96. The highest BCUT2D eigenvalue weighted by atomic mass is 16.5. The van der Waals surface area contributed by atoms with Crippen LogP contribution >= 0.6 is 0 Å². The zero-order valence-electron chi connectivity index (χ0n) is 8.35. The summed E-state index contributed by atoms with van der Waals surface area (Å²) < 4.78 is 10.7. The first-order chi connectivity index (χ1) is 7.40. The molecule has 1 aromatic carbocycles. The van der Waals surface area contributed by atoms with Crippen LogP contribution in [0.3, 0.4) is 0 Å². The highest BCUT2D eigenvalue weighted by Crippen LogP contribution is 2.23. The van der Waals surface area contributed by atoms with Crippen LogP contribution in [0.15, 0.2) is 59.7 Å². The van der Waals surface area contributed by atoms with Crippen LogP contribution in [-0.4, -0.2) is 6.61 Å². The first kappa shape index (κ1) is 9.59. The van der Waals surface area contributed by atoms with Crippen LogP contribution in [0.5, 0.6) is 5.75 Å². The maximum atomic E-state index is 5.43. The summed E-state index contributed by atoms with van der Waals surface area (Å²) in [7, 11) is 0. The Bertz CT molecular complexity index is 430. The van der Waals surface area contributed by atoms with Gasteiger partial charge in [0.25, 0.3) is 0 Å². The first-order valence-corrected chi connectivity index (χ1v) is 4.78. The zero-order valence-corrected chi connectivity index (χ0v) is 8.35. The maximum Gasteiger partial charge on any atom is 0.133 e. The summed E-state index contributed by atoms with van der Waals surface area (Å²) in [6.07, 6.45) is 3.38. The lowest BCUT2D eigenvalue weighted by atomic mass is 10.2. The van der Waals surface area contributed by atoms with Gasteiger partial charge in [-0.3, -0.25) is 0 Å². The fourth-order valence-electron chi connectivity index (χ4n) is 1.34. The van der Waals surface area contributed by atoms with Gasteiger partial charge in [0.05, 0.1) is 6.26 Å². The lowest BCUT2D eigenvalue weighted by Gasteiger charge is -2.04. The minimum Gasteiger partial charge on any atom is -0.490 e. The molecule has 76 valence electrons. The first-order valence-electron chi connectivity index (χ1n) is 4.78. The molecule has 0 fully saturated rings. The summed E-state index contributed by atoms with van der Waals surface area (Å²) in [5, 5.41) is 0. The molecule has 2 heteroatoms. The van der Waals surface area contributed by atoms with Gasteiger partial charge in [-0.25, -0.2) is 0 Å². The number of furan rings is 1. The van der Waals surface area contributed by atoms with E-state index in [4.69, 9.17) is 9.15 Å². The normalized spacial score (nSPS) is 9.87. The van der Waals surface area contributed by atoms with Gasteiger partial charge in [0.2, 0.25) is 0 Å². The van der Waals surface area contributed by atoms with E-state index in [9.17, 15) is 0 Å². The van der Waals surface area contributed by atoms with Crippen LogP contribution in [0.4, 0.5) is 0 Å². The average Bonchev–Trinajstić information content (AvgIpc) is 2.80. The molecule has 2 aromatic rings. The summed E-state index contributed by atoms with van der Waals surface area (Å²) in [5.41, 5.74) is 1.02.